The number of aryl methyl sites for hydroxylation is 1. The van der Waals surface area contributed by atoms with Gasteiger partial charge in [-0.15, -0.1) is 0 Å². The zero-order chi connectivity index (χ0) is 25.5. The van der Waals surface area contributed by atoms with Crippen LogP contribution < -0.4 is 20.5 Å². The van der Waals surface area contributed by atoms with E-state index < -0.39 is 0 Å². The number of hydrogen-bond donors (Lipinski definition) is 3. The second-order valence-corrected chi connectivity index (χ2v) is 8.97. The molecule has 1 aliphatic rings. The van der Waals surface area contributed by atoms with Crippen LogP contribution in [0.15, 0.2) is 41.6 Å². The zero-order valence-corrected chi connectivity index (χ0v) is 20.8. The van der Waals surface area contributed by atoms with Gasteiger partial charge in [-0.2, -0.15) is 5.10 Å². The summed E-state index contributed by atoms with van der Waals surface area (Å²) in [6.45, 7) is 4.80. The van der Waals surface area contributed by atoms with E-state index in [1.165, 1.54) is 0 Å². The number of morpholine rings is 1. The molecule has 37 heavy (non-hydrogen) atoms. The molecule has 1 saturated heterocycles. The number of aromatic nitrogens is 7. The lowest BCUT2D eigenvalue weighted by molar-refractivity contribution is 0.122. The molecule has 0 unspecified atom stereocenters. The molecule has 4 aromatic heterocycles. The minimum Gasteiger partial charge on any atom is -0.495 e. The molecule has 3 N–H and O–H groups in total. The Kier molecular flexibility index (Phi) is 5.72. The third-order valence-electron chi connectivity index (χ3n) is 6.50. The Balaban J connectivity index is 1.50. The van der Waals surface area contributed by atoms with E-state index in [0.717, 1.165) is 30.0 Å². The normalized spacial score (nSPS) is 14.8. The quantitative estimate of drug-likeness (QED) is 0.320. The van der Waals surface area contributed by atoms with Gasteiger partial charge in [0.05, 0.1) is 54.3 Å². The molecule has 0 bridgehead atoms. The van der Waals surface area contributed by atoms with Crippen LogP contribution in [-0.2, 0) is 11.8 Å². The van der Waals surface area contributed by atoms with Gasteiger partial charge >= 0.3 is 0 Å². The lowest BCUT2D eigenvalue weighted by Gasteiger charge is -2.30. The second-order valence-electron chi connectivity index (χ2n) is 8.97. The summed E-state index contributed by atoms with van der Waals surface area (Å²) in [7, 11) is 3.46. The summed E-state index contributed by atoms with van der Waals surface area (Å²) in [5, 5.41) is 8.03. The van der Waals surface area contributed by atoms with Gasteiger partial charge in [-0.05, 0) is 19.1 Å². The maximum atomic E-state index is 13.4. The van der Waals surface area contributed by atoms with Crippen LogP contribution in [0, 0.1) is 0 Å². The van der Waals surface area contributed by atoms with E-state index in [9.17, 15) is 4.79 Å². The molecule has 1 aromatic carbocycles. The molecule has 0 radical (unpaired) electrons. The van der Waals surface area contributed by atoms with Gasteiger partial charge in [-0.25, -0.2) is 15.0 Å². The smallest absolute Gasteiger partial charge is 0.261 e. The summed E-state index contributed by atoms with van der Waals surface area (Å²) in [6.07, 6.45) is 5.15. The van der Waals surface area contributed by atoms with Gasteiger partial charge in [0.15, 0.2) is 0 Å². The van der Waals surface area contributed by atoms with Gasteiger partial charge in [-0.1, -0.05) is 0 Å². The number of nitrogens with one attached hydrogen (secondary N) is 3. The lowest BCUT2D eigenvalue weighted by atomic mass is 10.1. The van der Waals surface area contributed by atoms with Crippen LogP contribution in [0.5, 0.6) is 5.75 Å². The van der Waals surface area contributed by atoms with E-state index >= 15 is 0 Å². The lowest BCUT2D eigenvalue weighted by Crippen LogP contribution is -2.36. The van der Waals surface area contributed by atoms with Crippen LogP contribution >= 0.6 is 0 Å². The number of rotatable bonds is 6. The average Bonchev–Trinajstić information content (AvgIpc) is 3.50. The van der Waals surface area contributed by atoms with Crippen molar-refractivity contribution in [2.24, 2.45) is 7.05 Å². The van der Waals surface area contributed by atoms with Crippen LogP contribution in [0.3, 0.4) is 0 Å². The van der Waals surface area contributed by atoms with Crippen molar-refractivity contribution in [2.75, 3.05) is 43.6 Å². The average molecular weight is 502 g/mol. The van der Waals surface area contributed by atoms with Crippen LogP contribution in [0.25, 0.3) is 33.5 Å². The van der Waals surface area contributed by atoms with E-state index in [2.05, 4.69) is 35.3 Å². The molecule has 5 heterocycles. The first-order valence-electron chi connectivity index (χ1n) is 12.1. The molecular weight excluding hydrogens is 474 g/mol. The fourth-order valence-electron chi connectivity index (χ4n) is 4.72. The number of pyridine rings is 1. The van der Waals surface area contributed by atoms with Gasteiger partial charge in [0.25, 0.3) is 5.56 Å². The topological polar surface area (TPSA) is 139 Å². The van der Waals surface area contributed by atoms with Gasteiger partial charge in [0.2, 0.25) is 0 Å². The van der Waals surface area contributed by atoms with E-state index in [-0.39, 0.29) is 11.6 Å². The van der Waals surface area contributed by atoms with Crippen molar-refractivity contribution in [1.82, 2.24) is 34.7 Å². The molecule has 0 saturated carbocycles. The van der Waals surface area contributed by atoms with Crippen LogP contribution in [0.1, 0.15) is 18.8 Å². The molecule has 1 aliphatic heterocycles. The first kappa shape index (κ1) is 23.0. The summed E-state index contributed by atoms with van der Waals surface area (Å²) in [6, 6.07) is 5.38. The zero-order valence-electron chi connectivity index (χ0n) is 20.8. The monoisotopic (exact) mass is 501 g/mol. The SMILES string of the molecule is COc1cc2nc(-c3c(N[C@@H](C)c4ncccn4)c4nn(C)cc4[nH]c3=O)[nH]c2cc1N1CCOCC1. The van der Waals surface area contributed by atoms with Gasteiger partial charge in [-0.3, -0.25) is 9.48 Å². The highest BCUT2D eigenvalue weighted by Gasteiger charge is 2.24. The number of fused-ring (bicyclic) bond motifs is 2. The molecule has 1 atom stereocenters. The minimum absolute atomic E-state index is 0.288. The Hall–Kier alpha value is -4.45. The number of ether oxygens (including phenoxy) is 2. The van der Waals surface area contributed by atoms with Crippen molar-refractivity contribution in [3.05, 3.63) is 53.0 Å². The fraction of sp³-hybridized carbons (Fsp3) is 0.320. The van der Waals surface area contributed by atoms with Crippen LogP contribution in [0.2, 0.25) is 0 Å². The first-order valence-corrected chi connectivity index (χ1v) is 12.1. The summed E-state index contributed by atoms with van der Waals surface area (Å²) in [4.78, 5) is 35.5. The highest BCUT2D eigenvalue weighted by atomic mass is 16.5. The summed E-state index contributed by atoms with van der Waals surface area (Å²) in [5.74, 6) is 1.74. The number of anilines is 2. The van der Waals surface area contributed by atoms with Crippen molar-refractivity contribution >= 4 is 33.4 Å². The van der Waals surface area contributed by atoms with Crippen molar-refractivity contribution in [1.29, 1.82) is 0 Å². The summed E-state index contributed by atoms with van der Waals surface area (Å²) in [5.41, 5.74) is 4.30. The number of hydrogen-bond acceptors (Lipinski definition) is 9. The second kappa shape index (κ2) is 9.21. The third kappa shape index (κ3) is 4.14. The van der Waals surface area contributed by atoms with Crippen LogP contribution in [-0.4, -0.2) is 68.1 Å². The standard InChI is InChI=1S/C25H27N9O3/c1-14(23-26-5-4-6-27-23)28-22-20(25(35)31-17-13-33(2)32-21(17)22)24-29-15-11-18(34-7-9-37-10-8-34)19(36-3)12-16(15)30-24/h4-6,11-14,28H,7-10H2,1-3H3,(H,29,30)(H,31,35)/t14-/m0/s1. The fourth-order valence-corrected chi connectivity index (χ4v) is 4.72. The molecule has 0 spiro atoms. The molecule has 0 aliphatic carbocycles. The predicted molar refractivity (Wildman–Crippen MR) is 140 cm³/mol. The molecule has 6 rings (SSSR count). The number of methoxy groups -OCH3 is 1. The van der Waals surface area contributed by atoms with Gasteiger partial charge in [0, 0.05) is 44.8 Å². The number of nitrogens with zero attached hydrogens (tertiary/aromatic N) is 6. The maximum Gasteiger partial charge on any atom is 0.261 e. The number of aromatic amines is 2. The summed E-state index contributed by atoms with van der Waals surface area (Å²) >= 11 is 0. The Morgan fingerprint density at radius 3 is 2.68 bits per heavy atom. The molecule has 12 heteroatoms. The van der Waals surface area contributed by atoms with Crippen molar-refractivity contribution in [2.45, 2.75) is 13.0 Å². The molecule has 5 aromatic rings. The Labute approximate surface area is 211 Å². The Morgan fingerprint density at radius 2 is 1.92 bits per heavy atom. The highest BCUT2D eigenvalue weighted by Crippen LogP contribution is 2.36. The maximum absolute atomic E-state index is 13.4. The Morgan fingerprint density at radius 1 is 1.14 bits per heavy atom. The van der Waals surface area contributed by atoms with Crippen molar-refractivity contribution in [3.63, 3.8) is 0 Å². The molecular formula is C25H27N9O3. The number of H-pyrrole nitrogens is 2. The Bertz CT molecular complexity index is 1630. The predicted octanol–water partition coefficient (Wildman–Crippen LogP) is 2.61. The van der Waals surface area contributed by atoms with E-state index in [4.69, 9.17) is 14.5 Å². The first-order chi connectivity index (χ1) is 18.0. The highest BCUT2D eigenvalue weighted by molar-refractivity contribution is 5.97. The largest absolute Gasteiger partial charge is 0.495 e. The minimum atomic E-state index is -0.288. The van der Waals surface area contributed by atoms with Crippen LogP contribution in [0.4, 0.5) is 11.4 Å². The van der Waals surface area contributed by atoms with E-state index in [0.29, 0.717) is 52.7 Å². The number of imidazole rings is 1. The summed E-state index contributed by atoms with van der Waals surface area (Å²) < 4.78 is 12.9. The third-order valence-corrected chi connectivity index (χ3v) is 6.50. The van der Waals surface area contributed by atoms with Crippen molar-refractivity contribution < 1.29 is 9.47 Å². The molecule has 12 nitrogen and oxygen atoms in total. The van der Waals surface area contributed by atoms with E-state index in [1.54, 1.807) is 36.4 Å². The van der Waals surface area contributed by atoms with Gasteiger partial charge in [0.1, 0.15) is 28.5 Å². The molecule has 0 amide bonds. The van der Waals surface area contributed by atoms with Gasteiger partial charge < -0.3 is 29.7 Å². The molecule has 190 valence electrons. The number of benzene rings is 1. The van der Waals surface area contributed by atoms with E-state index in [1.807, 2.05) is 26.1 Å². The van der Waals surface area contributed by atoms with Crippen molar-refractivity contribution in [3.8, 4) is 17.1 Å². The molecule has 1 fully saturated rings.